The van der Waals surface area contributed by atoms with Crippen molar-refractivity contribution in [3.63, 3.8) is 0 Å². The van der Waals surface area contributed by atoms with Crippen LogP contribution in [-0.2, 0) is 11.2 Å². The van der Waals surface area contributed by atoms with Gasteiger partial charge in [-0.25, -0.2) is 4.98 Å². The number of carbonyl (C=O) groups excluding carboxylic acids is 1. The van der Waals surface area contributed by atoms with Crippen molar-refractivity contribution in [1.29, 1.82) is 0 Å². The van der Waals surface area contributed by atoms with E-state index in [1.807, 2.05) is 19.2 Å². The molecule has 5 heteroatoms. The first-order valence-electron chi connectivity index (χ1n) is 5.56. The monoisotopic (exact) mass is 241 g/mol. The van der Waals surface area contributed by atoms with E-state index < -0.39 is 6.04 Å². The van der Waals surface area contributed by atoms with Crippen LogP contribution in [0.25, 0.3) is 0 Å². The molecule has 3 N–H and O–H groups in total. The van der Waals surface area contributed by atoms with Crippen LogP contribution in [0, 0.1) is 5.92 Å². The summed E-state index contributed by atoms with van der Waals surface area (Å²) in [6.45, 7) is 4.63. The molecule has 0 aromatic carbocycles. The van der Waals surface area contributed by atoms with E-state index in [9.17, 15) is 4.79 Å². The minimum atomic E-state index is -0.402. The molecule has 0 aliphatic carbocycles. The second kappa shape index (κ2) is 6.60. The lowest BCUT2D eigenvalue weighted by Gasteiger charge is -2.17. The lowest BCUT2D eigenvalue weighted by Crippen LogP contribution is -2.45. The van der Waals surface area contributed by atoms with Crippen LogP contribution in [-0.4, -0.2) is 23.5 Å². The molecular formula is C11H19N3OS. The Morgan fingerprint density at radius 2 is 2.44 bits per heavy atom. The maximum Gasteiger partial charge on any atom is 0.237 e. The van der Waals surface area contributed by atoms with Gasteiger partial charge in [0.25, 0.3) is 0 Å². The Kier molecular flexibility index (Phi) is 5.42. The minimum Gasteiger partial charge on any atom is -0.354 e. The van der Waals surface area contributed by atoms with E-state index in [4.69, 9.17) is 5.73 Å². The summed E-state index contributed by atoms with van der Waals surface area (Å²) >= 11 is 1.60. The highest BCUT2D eigenvalue weighted by Gasteiger charge is 2.18. The zero-order valence-electron chi connectivity index (χ0n) is 9.77. The smallest absolute Gasteiger partial charge is 0.237 e. The number of nitrogens with two attached hydrogens (primary N) is 1. The highest BCUT2D eigenvalue weighted by atomic mass is 32.1. The predicted molar refractivity (Wildman–Crippen MR) is 66.3 cm³/mol. The number of nitrogens with zero attached hydrogens (tertiary/aromatic N) is 1. The molecule has 0 bridgehead atoms. The van der Waals surface area contributed by atoms with E-state index in [0.29, 0.717) is 6.54 Å². The number of carbonyl (C=O) groups is 1. The number of hydrogen-bond acceptors (Lipinski definition) is 4. The normalized spacial score (nSPS) is 14.4. The quantitative estimate of drug-likeness (QED) is 0.785. The molecule has 1 aromatic heterocycles. The lowest BCUT2D eigenvalue weighted by atomic mass is 9.99. The summed E-state index contributed by atoms with van der Waals surface area (Å²) in [5.41, 5.74) is 5.81. The fourth-order valence-corrected chi connectivity index (χ4v) is 1.92. The number of amides is 1. The van der Waals surface area contributed by atoms with Crippen molar-refractivity contribution in [1.82, 2.24) is 10.3 Å². The van der Waals surface area contributed by atoms with Crippen molar-refractivity contribution < 1.29 is 4.79 Å². The van der Waals surface area contributed by atoms with Gasteiger partial charge >= 0.3 is 0 Å². The molecule has 0 spiro atoms. The first-order valence-corrected chi connectivity index (χ1v) is 6.44. The largest absolute Gasteiger partial charge is 0.354 e. The van der Waals surface area contributed by atoms with E-state index in [2.05, 4.69) is 10.3 Å². The van der Waals surface area contributed by atoms with Gasteiger partial charge in [-0.05, 0) is 5.92 Å². The van der Waals surface area contributed by atoms with Crippen LogP contribution in [0.15, 0.2) is 11.6 Å². The van der Waals surface area contributed by atoms with Crippen LogP contribution in [0.2, 0.25) is 0 Å². The van der Waals surface area contributed by atoms with Crippen LogP contribution in [0.5, 0.6) is 0 Å². The van der Waals surface area contributed by atoms with Gasteiger partial charge in [-0.2, -0.15) is 0 Å². The van der Waals surface area contributed by atoms with Gasteiger partial charge in [0.1, 0.15) is 0 Å². The van der Waals surface area contributed by atoms with Crippen molar-refractivity contribution in [2.75, 3.05) is 6.54 Å². The second-order valence-electron chi connectivity index (χ2n) is 3.88. The molecule has 1 aromatic rings. The fourth-order valence-electron chi connectivity index (χ4n) is 1.30. The summed E-state index contributed by atoms with van der Waals surface area (Å²) in [5, 5.41) is 5.81. The fraction of sp³-hybridized carbons (Fsp3) is 0.636. The van der Waals surface area contributed by atoms with Crippen molar-refractivity contribution in [3.8, 4) is 0 Å². The van der Waals surface area contributed by atoms with Gasteiger partial charge in [0.05, 0.1) is 11.0 Å². The van der Waals surface area contributed by atoms with Crippen molar-refractivity contribution in [2.24, 2.45) is 11.7 Å². The number of rotatable bonds is 6. The molecule has 16 heavy (non-hydrogen) atoms. The Morgan fingerprint density at radius 1 is 1.69 bits per heavy atom. The molecule has 4 nitrogen and oxygen atoms in total. The highest BCUT2D eigenvalue weighted by molar-refractivity contribution is 7.09. The molecule has 0 radical (unpaired) electrons. The Labute approximate surface area is 100 Å². The number of aromatic nitrogens is 1. The summed E-state index contributed by atoms with van der Waals surface area (Å²) in [7, 11) is 0. The third-order valence-corrected chi connectivity index (χ3v) is 3.52. The van der Waals surface area contributed by atoms with E-state index in [0.717, 1.165) is 17.8 Å². The minimum absolute atomic E-state index is 0.0640. The summed E-state index contributed by atoms with van der Waals surface area (Å²) in [6, 6.07) is -0.402. The Hall–Kier alpha value is -0.940. The Morgan fingerprint density at radius 3 is 3.00 bits per heavy atom. The molecule has 1 rings (SSSR count). The maximum atomic E-state index is 11.6. The van der Waals surface area contributed by atoms with Crippen LogP contribution in [0.1, 0.15) is 25.3 Å². The topological polar surface area (TPSA) is 68.0 Å². The van der Waals surface area contributed by atoms with Gasteiger partial charge < -0.3 is 11.1 Å². The molecule has 0 aliphatic heterocycles. The average molecular weight is 241 g/mol. The summed E-state index contributed by atoms with van der Waals surface area (Å²) in [5.74, 6) is 0.158. The van der Waals surface area contributed by atoms with Gasteiger partial charge in [0.2, 0.25) is 5.91 Å². The summed E-state index contributed by atoms with van der Waals surface area (Å²) < 4.78 is 0. The van der Waals surface area contributed by atoms with E-state index in [1.165, 1.54) is 0 Å². The molecule has 1 heterocycles. The third-order valence-electron chi connectivity index (χ3n) is 2.68. The lowest BCUT2D eigenvalue weighted by molar-refractivity contribution is -0.123. The second-order valence-corrected chi connectivity index (χ2v) is 4.86. The van der Waals surface area contributed by atoms with Crippen LogP contribution < -0.4 is 11.1 Å². The van der Waals surface area contributed by atoms with Crippen LogP contribution in [0.3, 0.4) is 0 Å². The molecule has 0 aliphatic rings. The number of hydrogen-bond donors (Lipinski definition) is 2. The van der Waals surface area contributed by atoms with Crippen molar-refractivity contribution >= 4 is 17.2 Å². The summed E-state index contributed by atoms with van der Waals surface area (Å²) in [4.78, 5) is 15.8. The number of thiazole rings is 1. The van der Waals surface area contributed by atoms with Gasteiger partial charge in [-0.1, -0.05) is 20.3 Å². The maximum absolute atomic E-state index is 11.6. The first-order chi connectivity index (χ1) is 7.65. The van der Waals surface area contributed by atoms with E-state index in [1.54, 1.807) is 17.5 Å². The molecule has 2 atom stereocenters. The van der Waals surface area contributed by atoms with Gasteiger partial charge in [-0.3, -0.25) is 4.79 Å². The standard InChI is InChI=1S/C11H19N3OS/c1-3-8(2)10(12)11(15)14-5-4-9-13-6-7-16-9/h6-8,10H,3-5,12H2,1-2H3,(H,14,15)/t8-,10-/m0/s1. The molecular weight excluding hydrogens is 222 g/mol. The summed E-state index contributed by atoms with van der Waals surface area (Å²) in [6.07, 6.45) is 3.46. The van der Waals surface area contributed by atoms with Gasteiger partial charge in [0.15, 0.2) is 0 Å². The molecule has 0 saturated heterocycles. The average Bonchev–Trinajstić information content (AvgIpc) is 2.79. The van der Waals surface area contributed by atoms with Crippen molar-refractivity contribution in [3.05, 3.63) is 16.6 Å². The Balaban J connectivity index is 2.24. The van der Waals surface area contributed by atoms with Gasteiger partial charge in [0, 0.05) is 24.5 Å². The predicted octanol–water partition coefficient (Wildman–Crippen LogP) is 1.18. The van der Waals surface area contributed by atoms with Crippen LogP contribution in [0.4, 0.5) is 0 Å². The molecule has 0 fully saturated rings. The molecule has 90 valence electrons. The van der Waals surface area contributed by atoms with E-state index in [-0.39, 0.29) is 11.8 Å². The SMILES string of the molecule is CC[C@H](C)[C@H](N)C(=O)NCCc1nccs1. The zero-order valence-corrected chi connectivity index (χ0v) is 10.6. The molecule has 0 saturated carbocycles. The molecule has 0 unspecified atom stereocenters. The Bertz CT molecular complexity index is 313. The highest BCUT2D eigenvalue weighted by Crippen LogP contribution is 2.06. The van der Waals surface area contributed by atoms with Gasteiger partial charge in [-0.15, -0.1) is 11.3 Å². The van der Waals surface area contributed by atoms with Crippen LogP contribution >= 0.6 is 11.3 Å². The van der Waals surface area contributed by atoms with Crippen molar-refractivity contribution in [2.45, 2.75) is 32.7 Å². The van der Waals surface area contributed by atoms with E-state index >= 15 is 0 Å². The third kappa shape index (κ3) is 3.90. The first kappa shape index (κ1) is 13.1. The number of nitrogens with one attached hydrogen (secondary N) is 1. The molecule has 1 amide bonds. The zero-order chi connectivity index (χ0) is 12.0.